The number of carbonyl (C=O) groups is 1. The molecule has 0 saturated carbocycles. The topological polar surface area (TPSA) is 41.1 Å². The Morgan fingerprint density at radius 2 is 2.23 bits per heavy atom. The van der Waals surface area contributed by atoms with Crippen LogP contribution in [-0.2, 0) is 17.6 Å². The molecule has 0 radical (unpaired) electrons. The van der Waals surface area contributed by atoms with E-state index in [-0.39, 0.29) is 18.3 Å². The van der Waals surface area contributed by atoms with Crippen LogP contribution in [0.4, 0.5) is 5.69 Å². The number of fused-ring (bicyclic) bond motifs is 1. The van der Waals surface area contributed by atoms with Crippen LogP contribution >= 0.6 is 12.4 Å². The van der Waals surface area contributed by atoms with Crippen LogP contribution in [0.2, 0.25) is 0 Å². The maximum absolute atomic E-state index is 11.2. The number of rotatable bonds is 5. The molecule has 0 aliphatic heterocycles. The minimum atomic E-state index is -0.0273. The van der Waals surface area contributed by atoms with E-state index in [2.05, 4.69) is 35.6 Å². The molecule has 1 aromatic rings. The largest absolute Gasteiger partial charge is 0.326 e. The fourth-order valence-electron chi connectivity index (χ4n) is 2.98. The second kappa shape index (κ2) is 8.82. The quantitative estimate of drug-likeness (QED) is 0.817. The zero-order chi connectivity index (χ0) is 15.2. The van der Waals surface area contributed by atoms with E-state index in [1.54, 1.807) is 0 Å². The predicted octanol–water partition coefficient (Wildman–Crippen LogP) is 3.32. The standard InChI is InChI=1S/C18H24N2O.ClH/c1-4-6-16(5-2)20-18-10-8-14-7-9-17(19-13(3)21)11-15(14)12-18;/h1,7,9,11,16,18,20H,5-6,8,10,12H2,2-3H3,(H,19,21);1H. The predicted molar refractivity (Wildman–Crippen MR) is 94.5 cm³/mol. The fourth-order valence-corrected chi connectivity index (χ4v) is 2.98. The van der Waals surface area contributed by atoms with Crippen molar-refractivity contribution < 1.29 is 4.79 Å². The lowest BCUT2D eigenvalue weighted by Crippen LogP contribution is -2.41. The van der Waals surface area contributed by atoms with E-state index in [1.807, 2.05) is 6.07 Å². The van der Waals surface area contributed by atoms with E-state index in [0.717, 1.165) is 37.8 Å². The van der Waals surface area contributed by atoms with E-state index in [0.29, 0.717) is 12.1 Å². The summed E-state index contributed by atoms with van der Waals surface area (Å²) in [6.45, 7) is 3.70. The van der Waals surface area contributed by atoms with Crippen molar-refractivity contribution in [3.63, 3.8) is 0 Å². The Morgan fingerprint density at radius 3 is 2.86 bits per heavy atom. The van der Waals surface area contributed by atoms with Crippen molar-refractivity contribution in [3.05, 3.63) is 29.3 Å². The maximum Gasteiger partial charge on any atom is 0.221 e. The Balaban J connectivity index is 0.00000242. The molecule has 4 heteroatoms. The summed E-state index contributed by atoms with van der Waals surface area (Å²) in [5, 5.41) is 6.53. The minimum absolute atomic E-state index is 0. The average molecular weight is 321 g/mol. The number of carbonyl (C=O) groups excluding carboxylic acids is 1. The molecule has 0 heterocycles. The summed E-state index contributed by atoms with van der Waals surface area (Å²) < 4.78 is 0. The maximum atomic E-state index is 11.2. The monoisotopic (exact) mass is 320 g/mol. The fraction of sp³-hybridized carbons (Fsp3) is 0.500. The van der Waals surface area contributed by atoms with Crippen LogP contribution in [0.1, 0.15) is 44.2 Å². The number of amides is 1. The first-order chi connectivity index (χ1) is 10.1. The first-order valence-corrected chi connectivity index (χ1v) is 7.71. The summed E-state index contributed by atoms with van der Waals surface area (Å²) in [5.74, 6) is 2.72. The number of nitrogens with one attached hydrogen (secondary N) is 2. The normalized spacial score (nSPS) is 17.6. The molecule has 1 aliphatic rings. The highest BCUT2D eigenvalue weighted by atomic mass is 35.5. The molecule has 2 atom stereocenters. The molecule has 2 N–H and O–H groups in total. The molecule has 22 heavy (non-hydrogen) atoms. The molecule has 0 aromatic heterocycles. The molecule has 0 fully saturated rings. The van der Waals surface area contributed by atoms with Crippen molar-refractivity contribution in [2.24, 2.45) is 0 Å². The number of terminal acetylenes is 1. The summed E-state index contributed by atoms with van der Waals surface area (Å²) in [6, 6.07) is 7.10. The summed E-state index contributed by atoms with van der Waals surface area (Å²) in [4.78, 5) is 11.2. The number of halogens is 1. The van der Waals surface area contributed by atoms with Crippen molar-refractivity contribution >= 4 is 24.0 Å². The average Bonchev–Trinajstić information content (AvgIpc) is 2.45. The molecule has 1 aliphatic carbocycles. The van der Waals surface area contributed by atoms with Crippen molar-refractivity contribution in [1.82, 2.24) is 5.32 Å². The van der Waals surface area contributed by atoms with Gasteiger partial charge in [0.05, 0.1) is 0 Å². The second-order valence-corrected chi connectivity index (χ2v) is 5.78. The molecular formula is C18H25ClN2O. The molecule has 1 amide bonds. The van der Waals surface area contributed by atoms with E-state index >= 15 is 0 Å². The molecule has 0 bridgehead atoms. The Labute approximate surface area is 139 Å². The van der Waals surface area contributed by atoms with Crippen LogP contribution < -0.4 is 10.6 Å². The lowest BCUT2D eigenvalue weighted by molar-refractivity contribution is -0.114. The first-order valence-electron chi connectivity index (χ1n) is 7.71. The number of benzene rings is 1. The zero-order valence-corrected chi connectivity index (χ0v) is 14.1. The van der Waals surface area contributed by atoms with E-state index in [4.69, 9.17) is 6.42 Å². The van der Waals surface area contributed by atoms with E-state index in [1.165, 1.54) is 18.1 Å². The zero-order valence-electron chi connectivity index (χ0n) is 13.3. The van der Waals surface area contributed by atoms with Crippen molar-refractivity contribution in [3.8, 4) is 12.3 Å². The number of aryl methyl sites for hydroxylation is 1. The van der Waals surface area contributed by atoms with Gasteiger partial charge in [0, 0.05) is 31.1 Å². The molecule has 2 unspecified atom stereocenters. The van der Waals surface area contributed by atoms with Gasteiger partial charge in [0.15, 0.2) is 0 Å². The third kappa shape index (κ3) is 5.05. The van der Waals surface area contributed by atoms with Crippen LogP contribution in [0.25, 0.3) is 0 Å². The van der Waals surface area contributed by atoms with Gasteiger partial charge in [-0.15, -0.1) is 24.8 Å². The minimum Gasteiger partial charge on any atom is -0.326 e. The highest BCUT2D eigenvalue weighted by molar-refractivity contribution is 5.88. The van der Waals surface area contributed by atoms with Crippen molar-refractivity contribution in [2.75, 3.05) is 5.32 Å². The highest BCUT2D eigenvalue weighted by Crippen LogP contribution is 2.25. The van der Waals surface area contributed by atoms with Crippen LogP contribution in [-0.4, -0.2) is 18.0 Å². The van der Waals surface area contributed by atoms with Gasteiger partial charge in [0.25, 0.3) is 0 Å². The van der Waals surface area contributed by atoms with Gasteiger partial charge in [0.1, 0.15) is 0 Å². The van der Waals surface area contributed by atoms with Crippen LogP contribution in [0.15, 0.2) is 18.2 Å². The molecular weight excluding hydrogens is 296 g/mol. The van der Waals surface area contributed by atoms with E-state index in [9.17, 15) is 4.79 Å². The smallest absolute Gasteiger partial charge is 0.221 e. The van der Waals surface area contributed by atoms with Crippen molar-refractivity contribution in [2.45, 2.75) is 58.0 Å². The Bertz CT molecular complexity index is 551. The summed E-state index contributed by atoms with van der Waals surface area (Å²) in [5.41, 5.74) is 3.62. The third-order valence-electron chi connectivity index (χ3n) is 4.08. The number of anilines is 1. The molecule has 0 saturated heterocycles. The van der Waals surface area contributed by atoms with Gasteiger partial charge in [-0.05, 0) is 48.9 Å². The molecule has 3 nitrogen and oxygen atoms in total. The molecule has 0 spiro atoms. The first kappa shape index (κ1) is 18.5. The Morgan fingerprint density at radius 1 is 1.45 bits per heavy atom. The van der Waals surface area contributed by atoms with Gasteiger partial charge in [-0.1, -0.05) is 13.0 Å². The highest BCUT2D eigenvalue weighted by Gasteiger charge is 2.20. The van der Waals surface area contributed by atoms with Crippen LogP contribution in [0.5, 0.6) is 0 Å². The summed E-state index contributed by atoms with van der Waals surface area (Å²) in [7, 11) is 0. The third-order valence-corrected chi connectivity index (χ3v) is 4.08. The number of hydrogen-bond donors (Lipinski definition) is 2. The van der Waals surface area contributed by atoms with Crippen molar-refractivity contribution in [1.29, 1.82) is 0 Å². The van der Waals surface area contributed by atoms with Gasteiger partial charge in [-0.25, -0.2) is 0 Å². The van der Waals surface area contributed by atoms with Gasteiger partial charge < -0.3 is 10.6 Å². The van der Waals surface area contributed by atoms with Crippen LogP contribution in [0.3, 0.4) is 0 Å². The Kier molecular flexibility index (Phi) is 7.44. The summed E-state index contributed by atoms with van der Waals surface area (Å²) in [6.07, 6.45) is 10.5. The Hall–Kier alpha value is -1.50. The second-order valence-electron chi connectivity index (χ2n) is 5.78. The van der Waals surface area contributed by atoms with Gasteiger partial charge >= 0.3 is 0 Å². The molecule has 1 aromatic carbocycles. The molecule has 120 valence electrons. The lowest BCUT2D eigenvalue weighted by Gasteiger charge is -2.29. The number of hydrogen-bond acceptors (Lipinski definition) is 2. The SMILES string of the molecule is C#CCC(CC)NC1CCc2ccc(NC(C)=O)cc2C1.Cl. The lowest BCUT2D eigenvalue weighted by atomic mass is 9.87. The van der Waals surface area contributed by atoms with Crippen LogP contribution in [0, 0.1) is 12.3 Å². The summed E-state index contributed by atoms with van der Waals surface area (Å²) >= 11 is 0. The van der Waals surface area contributed by atoms with Gasteiger partial charge in [0.2, 0.25) is 5.91 Å². The van der Waals surface area contributed by atoms with Gasteiger partial charge in [-0.2, -0.15) is 0 Å². The van der Waals surface area contributed by atoms with E-state index < -0.39 is 0 Å². The molecule has 2 rings (SSSR count). The van der Waals surface area contributed by atoms with Gasteiger partial charge in [-0.3, -0.25) is 4.79 Å².